The number of nitrogens with zero attached hydrogens (tertiary/aromatic N) is 4. The number of hydrogen-bond donors (Lipinski definition) is 0. The smallest absolute Gasteiger partial charge is 0.277 e. The number of carbonyl (C=O) groups excluding carboxylic acids is 1. The molecule has 0 fully saturated rings. The lowest BCUT2D eigenvalue weighted by atomic mass is 10.0. The number of methoxy groups -OCH3 is 1. The molecule has 3 aromatic rings. The molecule has 144 valence electrons. The van der Waals surface area contributed by atoms with Crippen molar-refractivity contribution in [2.45, 2.75) is 13.0 Å². The van der Waals surface area contributed by atoms with E-state index in [-0.39, 0.29) is 11.9 Å². The molecular weight excluding hydrogens is 399 g/mol. The van der Waals surface area contributed by atoms with E-state index in [1.165, 1.54) is 0 Å². The van der Waals surface area contributed by atoms with Crippen molar-refractivity contribution in [3.05, 3.63) is 64.2 Å². The second-order valence-corrected chi connectivity index (χ2v) is 7.48. The fraction of sp³-hybridized carbons (Fsp3) is 0.250. The lowest BCUT2D eigenvalue weighted by molar-refractivity contribution is 0.0912. The largest absolute Gasteiger partial charge is 0.382 e. The van der Waals surface area contributed by atoms with E-state index in [1.807, 2.05) is 19.1 Å². The van der Waals surface area contributed by atoms with Gasteiger partial charge in [0.2, 0.25) is 0 Å². The van der Waals surface area contributed by atoms with Crippen LogP contribution in [0.25, 0.3) is 11.1 Å². The summed E-state index contributed by atoms with van der Waals surface area (Å²) in [6.07, 6.45) is 3.45. The van der Waals surface area contributed by atoms with E-state index >= 15 is 0 Å². The number of ether oxygens (including phenoxy) is 1. The first-order valence-electron chi connectivity index (χ1n) is 8.76. The van der Waals surface area contributed by atoms with Crippen LogP contribution in [0.15, 0.2) is 42.7 Å². The number of aromatic nitrogens is 3. The molecule has 1 atom stereocenters. The van der Waals surface area contributed by atoms with E-state index in [1.54, 1.807) is 47.3 Å². The molecule has 0 bridgehead atoms. The number of aryl methyl sites for hydroxylation is 1. The molecule has 1 aliphatic heterocycles. The number of rotatable bonds is 4. The van der Waals surface area contributed by atoms with Crippen LogP contribution in [0.2, 0.25) is 10.0 Å². The molecule has 28 heavy (non-hydrogen) atoms. The number of hydrogen-bond acceptors (Lipinski definition) is 4. The van der Waals surface area contributed by atoms with Crippen LogP contribution >= 0.6 is 23.2 Å². The molecule has 1 amide bonds. The van der Waals surface area contributed by atoms with Crippen LogP contribution in [0, 0.1) is 6.92 Å². The van der Waals surface area contributed by atoms with Crippen molar-refractivity contribution < 1.29 is 9.53 Å². The summed E-state index contributed by atoms with van der Waals surface area (Å²) in [6.45, 7) is 2.76. The molecule has 0 saturated carbocycles. The van der Waals surface area contributed by atoms with Crippen molar-refractivity contribution >= 4 is 34.8 Å². The predicted molar refractivity (Wildman–Crippen MR) is 109 cm³/mol. The minimum Gasteiger partial charge on any atom is -0.382 e. The van der Waals surface area contributed by atoms with Crippen LogP contribution in [0.4, 0.5) is 5.69 Å². The third-order valence-electron chi connectivity index (χ3n) is 4.76. The second kappa shape index (κ2) is 7.54. The number of halogens is 2. The first-order chi connectivity index (χ1) is 13.5. The van der Waals surface area contributed by atoms with E-state index in [4.69, 9.17) is 27.9 Å². The molecule has 0 aliphatic carbocycles. The third-order valence-corrected chi connectivity index (χ3v) is 5.50. The summed E-state index contributed by atoms with van der Waals surface area (Å²) < 4.78 is 7.13. The Labute approximate surface area is 172 Å². The minimum atomic E-state index is -0.146. The summed E-state index contributed by atoms with van der Waals surface area (Å²) in [6, 6.07) is 8.88. The van der Waals surface area contributed by atoms with Gasteiger partial charge in [-0.3, -0.25) is 14.5 Å². The van der Waals surface area contributed by atoms with Crippen molar-refractivity contribution in [2.75, 3.05) is 25.2 Å². The molecule has 0 N–H and O–H groups in total. The Morgan fingerprint density at radius 2 is 2.04 bits per heavy atom. The molecular formula is C20H18Cl2N4O2. The third kappa shape index (κ3) is 3.28. The molecule has 0 saturated heterocycles. The van der Waals surface area contributed by atoms with Crippen molar-refractivity contribution in [1.29, 1.82) is 0 Å². The maximum absolute atomic E-state index is 13.4. The van der Waals surface area contributed by atoms with Crippen LogP contribution in [0.3, 0.4) is 0 Å². The number of anilines is 1. The first-order valence-corrected chi connectivity index (χ1v) is 9.51. The van der Waals surface area contributed by atoms with Crippen molar-refractivity contribution in [3.8, 4) is 11.1 Å². The van der Waals surface area contributed by atoms with Crippen LogP contribution in [0.1, 0.15) is 22.2 Å². The fourth-order valence-corrected chi connectivity index (χ4v) is 3.76. The fourth-order valence-electron chi connectivity index (χ4n) is 3.47. The number of carbonyl (C=O) groups is 1. The topological polar surface area (TPSA) is 60.2 Å². The van der Waals surface area contributed by atoms with Crippen molar-refractivity contribution in [1.82, 2.24) is 14.8 Å². The van der Waals surface area contributed by atoms with Gasteiger partial charge in [0, 0.05) is 30.3 Å². The average molecular weight is 417 g/mol. The van der Waals surface area contributed by atoms with Crippen molar-refractivity contribution in [2.24, 2.45) is 0 Å². The summed E-state index contributed by atoms with van der Waals surface area (Å²) >= 11 is 12.2. The highest BCUT2D eigenvalue weighted by Crippen LogP contribution is 2.35. The molecule has 2 aromatic heterocycles. The van der Waals surface area contributed by atoms with E-state index in [2.05, 4.69) is 10.1 Å². The zero-order valence-corrected chi connectivity index (χ0v) is 16.9. The molecule has 1 unspecified atom stereocenters. The van der Waals surface area contributed by atoms with E-state index in [9.17, 15) is 4.79 Å². The Morgan fingerprint density at radius 3 is 2.75 bits per heavy atom. The average Bonchev–Trinajstić information content (AvgIpc) is 3.12. The van der Waals surface area contributed by atoms with Crippen LogP contribution in [-0.2, 0) is 4.74 Å². The summed E-state index contributed by atoms with van der Waals surface area (Å²) in [5.41, 5.74) is 3.74. The van der Waals surface area contributed by atoms with Gasteiger partial charge in [0.25, 0.3) is 5.91 Å². The van der Waals surface area contributed by atoms with E-state index < -0.39 is 0 Å². The SMILES string of the molecule is COCC1CN(c2ccc(Cl)c(Cl)c2)C(=O)c2c(-c3ccnc(C)c3)cnn21. The van der Waals surface area contributed by atoms with Gasteiger partial charge in [0.15, 0.2) is 0 Å². The first kappa shape index (κ1) is 18.9. The molecule has 0 radical (unpaired) electrons. The summed E-state index contributed by atoms with van der Waals surface area (Å²) in [4.78, 5) is 19.4. The van der Waals surface area contributed by atoms with Crippen molar-refractivity contribution in [3.63, 3.8) is 0 Å². The molecule has 3 heterocycles. The van der Waals surface area contributed by atoms with Crippen LogP contribution in [-0.4, -0.2) is 40.9 Å². The highest BCUT2D eigenvalue weighted by molar-refractivity contribution is 6.42. The van der Waals surface area contributed by atoms with E-state index in [0.717, 1.165) is 16.8 Å². The summed E-state index contributed by atoms with van der Waals surface area (Å²) in [5, 5.41) is 5.34. The normalized spacial score (nSPS) is 16.4. The molecule has 4 rings (SSSR count). The number of benzene rings is 1. The lowest BCUT2D eigenvalue weighted by Crippen LogP contribution is -2.45. The van der Waals surface area contributed by atoms with Gasteiger partial charge in [-0.2, -0.15) is 5.10 Å². The van der Waals surface area contributed by atoms with Crippen LogP contribution < -0.4 is 4.90 Å². The van der Waals surface area contributed by atoms with Gasteiger partial charge >= 0.3 is 0 Å². The number of fused-ring (bicyclic) bond motifs is 1. The quantitative estimate of drug-likeness (QED) is 0.631. The zero-order valence-electron chi connectivity index (χ0n) is 15.4. The van der Waals surface area contributed by atoms with Gasteiger partial charge in [-0.1, -0.05) is 23.2 Å². The molecule has 1 aromatic carbocycles. The maximum atomic E-state index is 13.4. The van der Waals surface area contributed by atoms with Gasteiger partial charge in [-0.05, 0) is 42.8 Å². The van der Waals surface area contributed by atoms with Gasteiger partial charge in [-0.25, -0.2) is 0 Å². The number of amides is 1. The Hall–Kier alpha value is -2.41. The Kier molecular flexibility index (Phi) is 5.10. The second-order valence-electron chi connectivity index (χ2n) is 6.66. The molecule has 6 nitrogen and oxygen atoms in total. The molecule has 0 spiro atoms. The Bertz CT molecular complexity index is 1050. The monoisotopic (exact) mass is 416 g/mol. The lowest BCUT2D eigenvalue weighted by Gasteiger charge is -2.34. The highest BCUT2D eigenvalue weighted by atomic mass is 35.5. The van der Waals surface area contributed by atoms with Gasteiger partial charge in [0.05, 0.1) is 35.4 Å². The summed E-state index contributed by atoms with van der Waals surface area (Å²) in [5.74, 6) is -0.146. The molecule has 8 heteroatoms. The minimum absolute atomic E-state index is 0.121. The van der Waals surface area contributed by atoms with E-state index in [0.29, 0.717) is 34.6 Å². The van der Waals surface area contributed by atoms with Gasteiger partial charge in [0.1, 0.15) is 5.69 Å². The standard InChI is InChI=1S/C20H18Cl2N4O2/c1-12-7-13(5-6-23-12)16-9-24-26-15(11-28-2)10-25(20(27)19(16)26)14-3-4-17(21)18(22)8-14/h3-9,15H,10-11H2,1-2H3. The Balaban J connectivity index is 1.83. The number of pyridine rings is 1. The summed E-state index contributed by atoms with van der Waals surface area (Å²) in [7, 11) is 1.64. The zero-order chi connectivity index (χ0) is 19.8. The molecule has 1 aliphatic rings. The highest BCUT2D eigenvalue weighted by Gasteiger charge is 2.35. The van der Waals surface area contributed by atoms with Gasteiger partial charge < -0.3 is 9.64 Å². The van der Waals surface area contributed by atoms with Crippen LogP contribution in [0.5, 0.6) is 0 Å². The predicted octanol–water partition coefficient (Wildman–Crippen LogP) is 4.41. The van der Waals surface area contributed by atoms with Gasteiger partial charge in [-0.15, -0.1) is 0 Å². The Morgan fingerprint density at radius 1 is 1.21 bits per heavy atom. The maximum Gasteiger partial charge on any atom is 0.277 e.